The molecule has 4 nitrogen and oxygen atoms in total. The molecule has 2 aromatic rings. The summed E-state index contributed by atoms with van der Waals surface area (Å²) in [7, 11) is 0. The first-order valence-electron chi connectivity index (χ1n) is 8.35. The largest absolute Gasteiger partial charge is 0.506 e. The maximum atomic E-state index is 11.7. The van der Waals surface area contributed by atoms with Gasteiger partial charge in [-0.15, -0.1) is 0 Å². The minimum atomic E-state index is -0.421. The molecule has 4 heteroatoms. The SMILES string of the molecule is CCOC(=O)/C=C/N(c1ccccc1)c1cc(C(C)(C)C)ccc1O. The number of aromatic hydroxyl groups is 1. The van der Waals surface area contributed by atoms with Crippen molar-refractivity contribution in [1.82, 2.24) is 0 Å². The van der Waals surface area contributed by atoms with Gasteiger partial charge in [-0.25, -0.2) is 4.79 Å². The Morgan fingerprint density at radius 3 is 2.44 bits per heavy atom. The van der Waals surface area contributed by atoms with E-state index in [1.165, 1.54) is 6.08 Å². The molecule has 132 valence electrons. The second-order valence-corrected chi connectivity index (χ2v) is 6.73. The third kappa shape index (κ3) is 4.86. The van der Waals surface area contributed by atoms with Crippen LogP contribution in [0.2, 0.25) is 0 Å². The zero-order chi connectivity index (χ0) is 18.4. The highest BCUT2D eigenvalue weighted by molar-refractivity contribution is 5.84. The zero-order valence-electron chi connectivity index (χ0n) is 15.2. The summed E-state index contributed by atoms with van der Waals surface area (Å²) in [6, 6.07) is 15.1. The molecule has 0 unspecified atom stereocenters. The molecule has 0 atom stereocenters. The van der Waals surface area contributed by atoms with Crippen LogP contribution in [0.4, 0.5) is 11.4 Å². The van der Waals surface area contributed by atoms with Crippen LogP contribution < -0.4 is 4.90 Å². The third-order valence-electron chi connectivity index (χ3n) is 3.78. The van der Waals surface area contributed by atoms with E-state index >= 15 is 0 Å². The van der Waals surface area contributed by atoms with Crippen molar-refractivity contribution >= 4 is 17.3 Å². The molecular weight excluding hydrogens is 314 g/mol. The number of hydrogen-bond donors (Lipinski definition) is 1. The van der Waals surface area contributed by atoms with E-state index in [4.69, 9.17) is 4.74 Å². The van der Waals surface area contributed by atoms with E-state index in [1.54, 1.807) is 24.1 Å². The Morgan fingerprint density at radius 2 is 1.84 bits per heavy atom. The maximum absolute atomic E-state index is 11.7. The number of ether oxygens (including phenoxy) is 1. The molecular formula is C21H25NO3. The molecule has 0 aliphatic carbocycles. The van der Waals surface area contributed by atoms with Gasteiger partial charge in [0.25, 0.3) is 0 Å². The first-order valence-corrected chi connectivity index (χ1v) is 8.35. The number of para-hydroxylation sites is 1. The summed E-state index contributed by atoms with van der Waals surface area (Å²) in [5.74, 6) is -0.278. The lowest BCUT2D eigenvalue weighted by Crippen LogP contribution is -2.14. The molecule has 0 bridgehead atoms. The van der Waals surface area contributed by atoms with Gasteiger partial charge in [0.1, 0.15) is 5.75 Å². The van der Waals surface area contributed by atoms with Gasteiger partial charge < -0.3 is 14.7 Å². The number of carbonyl (C=O) groups excluding carboxylic acids is 1. The quantitative estimate of drug-likeness (QED) is 0.621. The summed E-state index contributed by atoms with van der Waals surface area (Å²) in [5.41, 5.74) is 2.48. The molecule has 0 saturated carbocycles. The van der Waals surface area contributed by atoms with Gasteiger partial charge in [0.05, 0.1) is 12.3 Å². The number of carbonyl (C=O) groups is 1. The lowest BCUT2D eigenvalue weighted by molar-refractivity contribution is -0.137. The fraction of sp³-hybridized carbons (Fsp3) is 0.286. The number of nitrogens with zero attached hydrogens (tertiary/aromatic N) is 1. The smallest absolute Gasteiger partial charge is 0.332 e. The van der Waals surface area contributed by atoms with Crippen molar-refractivity contribution in [3.05, 3.63) is 66.4 Å². The molecule has 0 amide bonds. The normalized spacial score (nSPS) is 11.5. The van der Waals surface area contributed by atoms with Crippen LogP contribution in [0.1, 0.15) is 33.3 Å². The predicted molar refractivity (Wildman–Crippen MR) is 101 cm³/mol. The Morgan fingerprint density at radius 1 is 1.16 bits per heavy atom. The fourth-order valence-corrected chi connectivity index (χ4v) is 2.40. The molecule has 0 spiro atoms. The van der Waals surface area contributed by atoms with Crippen molar-refractivity contribution in [2.24, 2.45) is 0 Å². The van der Waals surface area contributed by atoms with E-state index in [0.29, 0.717) is 12.3 Å². The van der Waals surface area contributed by atoms with E-state index in [1.807, 2.05) is 42.5 Å². The number of hydrogen-bond acceptors (Lipinski definition) is 4. The Bertz CT molecular complexity index is 745. The molecule has 1 N–H and O–H groups in total. The predicted octanol–water partition coefficient (Wildman–Crippen LogP) is 4.90. The summed E-state index contributed by atoms with van der Waals surface area (Å²) in [6.45, 7) is 8.43. The van der Waals surface area contributed by atoms with Crippen LogP contribution >= 0.6 is 0 Å². The van der Waals surface area contributed by atoms with E-state index in [0.717, 1.165) is 11.3 Å². The van der Waals surface area contributed by atoms with Crippen molar-refractivity contribution < 1.29 is 14.6 Å². The highest BCUT2D eigenvalue weighted by Crippen LogP contribution is 2.37. The molecule has 0 fully saturated rings. The fourth-order valence-electron chi connectivity index (χ4n) is 2.40. The first-order chi connectivity index (χ1) is 11.8. The number of phenolic OH excluding ortho intramolecular Hbond substituents is 1. The van der Waals surface area contributed by atoms with Crippen molar-refractivity contribution in [3.63, 3.8) is 0 Å². The molecule has 2 rings (SSSR count). The number of esters is 1. The summed E-state index contributed by atoms with van der Waals surface area (Å²) in [5, 5.41) is 10.4. The van der Waals surface area contributed by atoms with Gasteiger partial charge in [0.15, 0.2) is 0 Å². The second kappa shape index (κ2) is 7.88. The highest BCUT2D eigenvalue weighted by Gasteiger charge is 2.18. The molecule has 0 aliphatic rings. The van der Waals surface area contributed by atoms with Gasteiger partial charge in [-0.1, -0.05) is 45.0 Å². The van der Waals surface area contributed by atoms with E-state index in [-0.39, 0.29) is 11.2 Å². The Labute approximate surface area is 149 Å². The minimum Gasteiger partial charge on any atom is -0.506 e. The Hall–Kier alpha value is -2.75. The van der Waals surface area contributed by atoms with Gasteiger partial charge in [-0.3, -0.25) is 0 Å². The monoisotopic (exact) mass is 339 g/mol. The molecule has 0 radical (unpaired) electrons. The summed E-state index contributed by atoms with van der Waals surface area (Å²) >= 11 is 0. The Balaban J connectivity index is 2.51. The molecule has 25 heavy (non-hydrogen) atoms. The summed E-state index contributed by atoms with van der Waals surface area (Å²) in [4.78, 5) is 13.5. The van der Waals surface area contributed by atoms with Gasteiger partial charge in [-0.05, 0) is 42.2 Å². The number of phenols is 1. The van der Waals surface area contributed by atoms with Crippen molar-refractivity contribution in [1.29, 1.82) is 0 Å². The minimum absolute atomic E-state index is 0.0599. The van der Waals surface area contributed by atoms with Crippen LogP contribution in [0, 0.1) is 0 Å². The van der Waals surface area contributed by atoms with Crippen molar-refractivity contribution in [2.75, 3.05) is 11.5 Å². The van der Waals surface area contributed by atoms with Crippen molar-refractivity contribution in [2.45, 2.75) is 33.1 Å². The van der Waals surface area contributed by atoms with Gasteiger partial charge in [0.2, 0.25) is 0 Å². The van der Waals surface area contributed by atoms with Gasteiger partial charge in [-0.2, -0.15) is 0 Å². The lowest BCUT2D eigenvalue weighted by atomic mass is 9.86. The third-order valence-corrected chi connectivity index (χ3v) is 3.78. The number of benzene rings is 2. The van der Waals surface area contributed by atoms with Gasteiger partial charge >= 0.3 is 5.97 Å². The topological polar surface area (TPSA) is 49.8 Å². The standard InChI is InChI=1S/C21H25NO3/c1-5-25-20(24)13-14-22(17-9-7-6-8-10-17)18-15-16(21(2,3)4)11-12-19(18)23/h6-15,23H,5H2,1-4H3/b14-13+. The second-order valence-electron chi connectivity index (χ2n) is 6.73. The molecule has 0 saturated heterocycles. The van der Waals surface area contributed by atoms with Gasteiger partial charge in [0, 0.05) is 18.0 Å². The van der Waals surface area contributed by atoms with Crippen LogP contribution in [-0.4, -0.2) is 17.7 Å². The molecule has 0 heterocycles. The molecule has 0 aliphatic heterocycles. The summed E-state index contributed by atoms with van der Waals surface area (Å²) in [6.07, 6.45) is 2.98. The molecule has 0 aromatic heterocycles. The Kier molecular flexibility index (Phi) is 5.86. The average Bonchev–Trinajstić information content (AvgIpc) is 2.56. The number of rotatable bonds is 5. The van der Waals surface area contributed by atoms with Crippen LogP contribution in [-0.2, 0) is 14.9 Å². The van der Waals surface area contributed by atoms with Crippen LogP contribution in [0.15, 0.2) is 60.8 Å². The zero-order valence-corrected chi connectivity index (χ0v) is 15.2. The first kappa shape index (κ1) is 18.6. The summed E-state index contributed by atoms with van der Waals surface area (Å²) < 4.78 is 4.96. The highest BCUT2D eigenvalue weighted by atomic mass is 16.5. The average molecular weight is 339 g/mol. The van der Waals surface area contributed by atoms with E-state index < -0.39 is 5.97 Å². The van der Waals surface area contributed by atoms with Crippen molar-refractivity contribution in [3.8, 4) is 5.75 Å². The number of anilines is 2. The van der Waals surface area contributed by atoms with Crippen LogP contribution in [0.3, 0.4) is 0 Å². The van der Waals surface area contributed by atoms with E-state index in [2.05, 4.69) is 20.8 Å². The lowest BCUT2D eigenvalue weighted by Gasteiger charge is -2.25. The van der Waals surface area contributed by atoms with Crippen LogP contribution in [0.5, 0.6) is 5.75 Å². The maximum Gasteiger partial charge on any atom is 0.332 e. The van der Waals surface area contributed by atoms with Crippen LogP contribution in [0.25, 0.3) is 0 Å². The molecule has 2 aromatic carbocycles. The van der Waals surface area contributed by atoms with E-state index in [9.17, 15) is 9.90 Å².